The summed E-state index contributed by atoms with van der Waals surface area (Å²) in [6, 6.07) is 26.5. The first-order chi connectivity index (χ1) is 19.1. The minimum atomic E-state index is 0.142. The molecule has 2 aliphatic rings. The van der Waals surface area contributed by atoms with Gasteiger partial charge in [0.25, 0.3) is 0 Å². The van der Waals surface area contributed by atoms with Crippen LogP contribution in [0.25, 0.3) is 11.1 Å². The van der Waals surface area contributed by atoms with Crippen LogP contribution in [0, 0.1) is 17.2 Å². The van der Waals surface area contributed by atoms with Crippen LogP contribution in [0.15, 0.2) is 96.7 Å². The lowest BCUT2D eigenvalue weighted by Crippen LogP contribution is -2.17. The van der Waals surface area contributed by atoms with Gasteiger partial charge in [0, 0.05) is 11.6 Å². The molecule has 4 nitrogen and oxygen atoms in total. The van der Waals surface area contributed by atoms with E-state index in [1.165, 1.54) is 0 Å². The van der Waals surface area contributed by atoms with Gasteiger partial charge in [-0.1, -0.05) is 54.6 Å². The first kappa shape index (κ1) is 26.7. The molecule has 5 rings (SSSR count). The van der Waals surface area contributed by atoms with Crippen LogP contribution in [0.4, 0.5) is 0 Å². The number of ether oxygens (including phenoxy) is 2. The molecule has 0 heterocycles. The Morgan fingerprint density at radius 3 is 2.36 bits per heavy atom. The van der Waals surface area contributed by atoms with E-state index >= 15 is 0 Å². The first-order valence-corrected chi connectivity index (χ1v) is 13.9. The number of hydrogen-bond donors (Lipinski definition) is 1. The summed E-state index contributed by atoms with van der Waals surface area (Å²) in [6.07, 6.45) is 7.08. The largest absolute Gasteiger partial charge is 0.497 e. The lowest BCUT2D eigenvalue weighted by atomic mass is 9.82. The molecule has 0 spiro atoms. The molecule has 0 saturated heterocycles. The maximum atomic E-state index is 10.5. The van der Waals surface area contributed by atoms with Crippen molar-refractivity contribution in [2.45, 2.75) is 44.8 Å². The Kier molecular flexibility index (Phi) is 8.39. The van der Waals surface area contributed by atoms with E-state index in [0.29, 0.717) is 17.1 Å². The summed E-state index contributed by atoms with van der Waals surface area (Å²) < 4.78 is 11.6. The fraction of sp³-hybridized carbons (Fsp3) is 0.265. The molecule has 1 saturated carbocycles. The van der Waals surface area contributed by atoms with E-state index in [-0.39, 0.29) is 12.0 Å². The predicted octanol–water partition coefficient (Wildman–Crippen LogP) is 8.35. The number of fused-ring (bicyclic) bond motifs is 1. The van der Waals surface area contributed by atoms with Crippen LogP contribution >= 0.6 is 11.6 Å². The molecule has 2 atom stereocenters. The maximum Gasteiger partial charge on any atom is 0.119 e. The molecular weight excluding hydrogens is 504 g/mol. The number of allylic oxidation sites excluding steroid dienone is 4. The van der Waals surface area contributed by atoms with E-state index in [4.69, 9.17) is 21.1 Å². The van der Waals surface area contributed by atoms with E-state index in [1.807, 2.05) is 60.7 Å². The van der Waals surface area contributed by atoms with Gasteiger partial charge in [-0.3, -0.25) is 0 Å². The molecular formula is C34H33ClN2O2. The minimum absolute atomic E-state index is 0.142. The van der Waals surface area contributed by atoms with Crippen molar-refractivity contribution in [2.24, 2.45) is 5.92 Å². The van der Waals surface area contributed by atoms with Crippen LogP contribution in [-0.2, 0) is 6.54 Å². The Hall–Kier alpha value is -3.94. The van der Waals surface area contributed by atoms with Gasteiger partial charge in [0.15, 0.2) is 0 Å². The summed E-state index contributed by atoms with van der Waals surface area (Å²) in [6.45, 7) is 4.96. The van der Waals surface area contributed by atoms with E-state index in [2.05, 4.69) is 36.2 Å². The standard InChI is InChI=1S/C34H33ClN2O2/c1-23-20-33(37-22-24-10-13-26(35)14-11-24)32(21-36)34(31-9-4-3-8-30(23)31)25-6-5-7-28(15-12-25)39-29-18-16-27(38-2)17-19-29/h3-4,8-11,13-14,16-20,25,28,37H,1,5-7,12,15,22H2,2H3. The average Bonchev–Trinajstić information content (AvgIpc) is 3.26. The smallest absolute Gasteiger partial charge is 0.119 e. The van der Waals surface area contributed by atoms with Gasteiger partial charge in [-0.05, 0) is 108 Å². The molecule has 3 aromatic rings. The number of nitriles is 1. The number of nitrogens with zero attached hydrogens (tertiary/aromatic N) is 1. The third-order valence-corrected chi connectivity index (χ3v) is 7.87. The zero-order chi connectivity index (χ0) is 27.2. The number of rotatable bonds is 7. The second-order valence-corrected chi connectivity index (χ2v) is 10.6. The topological polar surface area (TPSA) is 54.3 Å². The number of nitrogens with one attached hydrogen (secondary N) is 1. The number of benzene rings is 3. The number of hydrogen-bond acceptors (Lipinski definition) is 4. The monoisotopic (exact) mass is 536 g/mol. The van der Waals surface area contributed by atoms with Crippen LogP contribution < -0.4 is 14.8 Å². The third kappa shape index (κ3) is 6.21. The zero-order valence-electron chi connectivity index (χ0n) is 22.3. The molecule has 1 N–H and O–H groups in total. The molecule has 2 aliphatic carbocycles. The molecule has 0 amide bonds. The van der Waals surface area contributed by atoms with E-state index in [9.17, 15) is 5.26 Å². The molecule has 1 fully saturated rings. The third-order valence-electron chi connectivity index (χ3n) is 7.61. The van der Waals surface area contributed by atoms with Crippen molar-refractivity contribution < 1.29 is 9.47 Å². The van der Waals surface area contributed by atoms with Crippen molar-refractivity contribution in [1.29, 1.82) is 5.26 Å². The molecule has 3 aromatic carbocycles. The highest BCUT2D eigenvalue weighted by Crippen LogP contribution is 2.43. The summed E-state index contributed by atoms with van der Waals surface area (Å²) in [5.74, 6) is 1.93. The van der Waals surface area contributed by atoms with Crippen molar-refractivity contribution in [3.63, 3.8) is 0 Å². The summed E-state index contributed by atoms with van der Waals surface area (Å²) in [4.78, 5) is 0. The summed E-state index contributed by atoms with van der Waals surface area (Å²) in [5.41, 5.74) is 6.83. The second-order valence-electron chi connectivity index (χ2n) is 10.1. The van der Waals surface area contributed by atoms with Crippen molar-refractivity contribution in [2.75, 3.05) is 7.11 Å². The Labute approximate surface area is 236 Å². The lowest BCUT2D eigenvalue weighted by Gasteiger charge is -2.23. The second kappa shape index (κ2) is 12.3. The van der Waals surface area contributed by atoms with Crippen molar-refractivity contribution >= 4 is 22.7 Å². The molecule has 0 radical (unpaired) electrons. The van der Waals surface area contributed by atoms with Crippen LogP contribution in [0.1, 0.15) is 48.8 Å². The SMILES string of the molecule is C=C1C=C(NCc2ccc(Cl)cc2)C(C#N)=C(C2CCCC(Oc3ccc(OC)cc3)CC2)c2ccccc21. The Morgan fingerprint density at radius 2 is 1.64 bits per heavy atom. The fourth-order valence-corrected chi connectivity index (χ4v) is 5.73. The van der Waals surface area contributed by atoms with Gasteiger partial charge in [-0.2, -0.15) is 5.26 Å². The van der Waals surface area contributed by atoms with Crippen LogP contribution in [0.3, 0.4) is 0 Å². The minimum Gasteiger partial charge on any atom is -0.497 e. The summed E-state index contributed by atoms with van der Waals surface area (Å²) >= 11 is 6.08. The Bertz CT molecular complexity index is 1430. The van der Waals surface area contributed by atoms with E-state index < -0.39 is 0 Å². The Morgan fingerprint density at radius 1 is 0.923 bits per heavy atom. The van der Waals surface area contributed by atoms with Crippen LogP contribution in [0.2, 0.25) is 5.02 Å². The van der Waals surface area contributed by atoms with E-state index in [0.717, 1.165) is 77.1 Å². The van der Waals surface area contributed by atoms with Crippen LogP contribution in [0.5, 0.6) is 11.5 Å². The number of methoxy groups -OCH3 is 1. The highest BCUT2D eigenvalue weighted by Gasteiger charge is 2.30. The van der Waals surface area contributed by atoms with Crippen LogP contribution in [-0.4, -0.2) is 13.2 Å². The van der Waals surface area contributed by atoms with Crippen molar-refractivity contribution in [3.05, 3.63) is 118 Å². The normalized spacial score (nSPS) is 19.2. The molecule has 0 bridgehead atoms. The van der Waals surface area contributed by atoms with Crippen molar-refractivity contribution in [3.8, 4) is 17.6 Å². The Balaban J connectivity index is 1.42. The molecule has 198 valence electrons. The molecule has 0 aromatic heterocycles. The molecule has 5 heteroatoms. The predicted molar refractivity (Wildman–Crippen MR) is 158 cm³/mol. The van der Waals surface area contributed by atoms with Gasteiger partial charge in [0.2, 0.25) is 0 Å². The fourth-order valence-electron chi connectivity index (χ4n) is 5.61. The highest BCUT2D eigenvalue weighted by molar-refractivity contribution is 6.30. The van der Waals surface area contributed by atoms with Gasteiger partial charge < -0.3 is 14.8 Å². The maximum absolute atomic E-state index is 10.5. The molecule has 39 heavy (non-hydrogen) atoms. The van der Waals surface area contributed by atoms with Gasteiger partial charge >= 0.3 is 0 Å². The quantitative estimate of drug-likeness (QED) is 0.308. The van der Waals surface area contributed by atoms with E-state index in [1.54, 1.807) is 7.11 Å². The number of halogens is 1. The lowest BCUT2D eigenvalue weighted by molar-refractivity contribution is 0.183. The summed E-state index contributed by atoms with van der Waals surface area (Å²) in [5, 5.41) is 14.8. The zero-order valence-corrected chi connectivity index (χ0v) is 23.0. The van der Waals surface area contributed by atoms with Gasteiger partial charge in [0.1, 0.15) is 17.6 Å². The average molecular weight is 537 g/mol. The van der Waals surface area contributed by atoms with Crippen molar-refractivity contribution in [1.82, 2.24) is 5.32 Å². The highest BCUT2D eigenvalue weighted by atomic mass is 35.5. The van der Waals surface area contributed by atoms with Gasteiger partial charge in [-0.25, -0.2) is 0 Å². The van der Waals surface area contributed by atoms with Gasteiger partial charge in [0.05, 0.1) is 24.5 Å². The molecule has 2 unspecified atom stereocenters. The van der Waals surface area contributed by atoms with Gasteiger partial charge in [-0.15, -0.1) is 0 Å². The first-order valence-electron chi connectivity index (χ1n) is 13.5. The molecule has 0 aliphatic heterocycles. The summed E-state index contributed by atoms with van der Waals surface area (Å²) in [7, 11) is 1.67.